The van der Waals surface area contributed by atoms with Gasteiger partial charge in [0.1, 0.15) is 4.90 Å². The summed E-state index contributed by atoms with van der Waals surface area (Å²) in [4.78, 5) is 10.7. The molecule has 0 aliphatic rings. The quantitative estimate of drug-likeness (QED) is 0.487. The van der Waals surface area contributed by atoms with Crippen molar-refractivity contribution >= 4 is 27.3 Å². The minimum absolute atomic E-state index is 0.188. The van der Waals surface area contributed by atoms with Gasteiger partial charge >= 0.3 is 5.69 Å². The molecule has 1 aromatic heterocycles. The number of nitrogens with zero attached hydrogens (tertiary/aromatic N) is 4. The van der Waals surface area contributed by atoms with Crippen LogP contribution in [0.5, 0.6) is 0 Å². The molecule has 0 radical (unpaired) electrons. The van der Waals surface area contributed by atoms with Crippen molar-refractivity contribution in [3.8, 4) is 11.4 Å². The molecule has 0 unspecified atom stereocenters. The average molecular weight is 390 g/mol. The number of nitro benzene ring substituents is 1. The summed E-state index contributed by atoms with van der Waals surface area (Å²) >= 11 is 0.998. The predicted octanol–water partition coefficient (Wildman–Crippen LogP) is 2.95. The van der Waals surface area contributed by atoms with Crippen LogP contribution in [-0.4, -0.2) is 34.4 Å². The van der Waals surface area contributed by atoms with Crippen LogP contribution in [0.4, 0.5) is 5.69 Å². The molecule has 0 aliphatic heterocycles. The van der Waals surface area contributed by atoms with E-state index in [0.29, 0.717) is 11.0 Å². The summed E-state index contributed by atoms with van der Waals surface area (Å²) in [7, 11) is -1.99. The highest BCUT2D eigenvalue weighted by molar-refractivity contribution is 7.99. The van der Waals surface area contributed by atoms with Gasteiger partial charge in [-0.05, 0) is 23.9 Å². The number of rotatable bonds is 5. The van der Waals surface area contributed by atoms with Crippen molar-refractivity contribution in [3.05, 3.63) is 58.6 Å². The molecular weight excluding hydrogens is 376 g/mol. The second-order valence-corrected chi connectivity index (χ2v) is 8.46. The van der Waals surface area contributed by atoms with Crippen molar-refractivity contribution < 1.29 is 13.3 Å². The van der Waals surface area contributed by atoms with Gasteiger partial charge in [0.25, 0.3) is 0 Å². The summed E-state index contributed by atoms with van der Waals surface area (Å²) in [6.07, 6.45) is 0.944. The summed E-state index contributed by atoms with van der Waals surface area (Å²) in [5.41, 5.74) is 0.401. The lowest BCUT2D eigenvalue weighted by molar-refractivity contribution is -0.390. The molecular formula is C16H14N4O4S2. The maximum Gasteiger partial charge on any atom is 0.301 e. The number of aromatic nitrogens is 3. The number of hydrogen-bond donors (Lipinski definition) is 0. The first kappa shape index (κ1) is 18.1. The molecule has 10 heteroatoms. The molecule has 134 valence electrons. The van der Waals surface area contributed by atoms with Gasteiger partial charge in [-0.1, -0.05) is 36.4 Å². The lowest BCUT2D eigenvalue weighted by Crippen LogP contribution is -2.04. The van der Waals surface area contributed by atoms with E-state index >= 15 is 0 Å². The van der Waals surface area contributed by atoms with Crippen LogP contribution in [0.25, 0.3) is 11.4 Å². The molecule has 0 atom stereocenters. The molecule has 3 rings (SSSR count). The fourth-order valence-electron chi connectivity index (χ4n) is 2.40. The molecule has 0 aliphatic carbocycles. The van der Waals surface area contributed by atoms with Crippen LogP contribution < -0.4 is 0 Å². The summed E-state index contributed by atoms with van der Waals surface area (Å²) in [6, 6.07) is 13.6. The number of nitro groups is 1. The Balaban J connectivity index is 2.06. The van der Waals surface area contributed by atoms with Gasteiger partial charge in [0.15, 0.2) is 20.8 Å². The number of para-hydroxylation sites is 1. The SMILES string of the molecule is Cn1c(Sc2cccc(S(C)(=O)=O)c2[N+](=O)[O-])nnc1-c1ccccc1. The topological polar surface area (TPSA) is 108 Å². The van der Waals surface area contributed by atoms with Crippen molar-refractivity contribution in [2.24, 2.45) is 7.05 Å². The predicted molar refractivity (Wildman–Crippen MR) is 96.8 cm³/mol. The van der Waals surface area contributed by atoms with Crippen molar-refractivity contribution in [1.82, 2.24) is 14.8 Å². The highest BCUT2D eigenvalue weighted by Gasteiger charge is 2.27. The lowest BCUT2D eigenvalue weighted by Gasteiger charge is -2.07. The molecule has 2 aromatic carbocycles. The maximum atomic E-state index is 11.9. The Kier molecular flexibility index (Phi) is 4.79. The Bertz CT molecular complexity index is 1080. The summed E-state index contributed by atoms with van der Waals surface area (Å²) in [5.74, 6) is 0.607. The van der Waals surface area contributed by atoms with E-state index in [-0.39, 0.29) is 9.79 Å². The molecule has 0 saturated carbocycles. The van der Waals surface area contributed by atoms with Crippen LogP contribution in [0.3, 0.4) is 0 Å². The van der Waals surface area contributed by atoms with Gasteiger partial charge in [-0.25, -0.2) is 8.42 Å². The highest BCUT2D eigenvalue weighted by atomic mass is 32.2. The van der Waals surface area contributed by atoms with Gasteiger partial charge in [0, 0.05) is 18.9 Å². The van der Waals surface area contributed by atoms with Crippen molar-refractivity contribution in [2.75, 3.05) is 6.26 Å². The minimum Gasteiger partial charge on any atom is -0.305 e. The Morgan fingerprint density at radius 2 is 1.77 bits per heavy atom. The van der Waals surface area contributed by atoms with E-state index in [1.807, 2.05) is 30.3 Å². The molecule has 26 heavy (non-hydrogen) atoms. The minimum atomic E-state index is -3.74. The Hall–Kier alpha value is -2.72. The van der Waals surface area contributed by atoms with E-state index < -0.39 is 20.4 Å². The number of sulfone groups is 1. The molecule has 0 spiro atoms. The third-order valence-electron chi connectivity index (χ3n) is 3.61. The fraction of sp³-hybridized carbons (Fsp3) is 0.125. The molecule has 0 saturated heterocycles. The zero-order chi connectivity index (χ0) is 18.9. The third kappa shape index (κ3) is 3.46. The summed E-state index contributed by atoms with van der Waals surface area (Å²) < 4.78 is 25.4. The molecule has 1 heterocycles. The molecule has 0 N–H and O–H groups in total. The van der Waals surface area contributed by atoms with E-state index in [1.54, 1.807) is 11.6 Å². The Labute approximate surface area is 154 Å². The van der Waals surface area contributed by atoms with Gasteiger partial charge in [-0.3, -0.25) is 10.1 Å². The van der Waals surface area contributed by atoms with Gasteiger partial charge in [0.05, 0.1) is 9.82 Å². The van der Waals surface area contributed by atoms with Crippen LogP contribution in [0.1, 0.15) is 0 Å². The van der Waals surface area contributed by atoms with Gasteiger partial charge in [-0.15, -0.1) is 10.2 Å². The van der Waals surface area contributed by atoms with Crippen LogP contribution in [0.2, 0.25) is 0 Å². The van der Waals surface area contributed by atoms with E-state index in [2.05, 4.69) is 10.2 Å². The molecule has 0 amide bonds. The second kappa shape index (κ2) is 6.89. The van der Waals surface area contributed by atoms with Crippen molar-refractivity contribution in [3.63, 3.8) is 0 Å². The zero-order valence-electron chi connectivity index (χ0n) is 13.9. The van der Waals surface area contributed by atoms with E-state index in [1.165, 1.54) is 18.2 Å². The van der Waals surface area contributed by atoms with Crippen LogP contribution in [0, 0.1) is 10.1 Å². The van der Waals surface area contributed by atoms with Crippen molar-refractivity contribution in [1.29, 1.82) is 0 Å². The van der Waals surface area contributed by atoms with Gasteiger partial charge < -0.3 is 4.57 Å². The van der Waals surface area contributed by atoms with E-state index in [0.717, 1.165) is 23.6 Å². The number of hydrogen-bond acceptors (Lipinski definition) is 7. The van der Waals surface area contributed by atoms with E-state index in [4.69, 9.17) is 0 Å². The van der Waals surface area contributed by atoms with E-state index in [9.17, 15) is 18.5 Å². The third-order valence-corrected chi connectivity index (χ3v) is 5.83. The Morgan fingerprint density at radius 3 is 2.38 bits per heavy atom. The average Bonchev–Trinajstić information content (AvgIpc) is 2.95. The molecule has 0 bridgehead atoms. The highest BCUT2D eigenvalue weighted by Crippen LogP contribution is 2.38. The maximum absolute atomic E-state index is 11.9. The first-order valence-corrected chi connectivity index (χ1v) is 10.1. The first-order valence-electron chi connectivity index (χ1n) is 7.39. The van der Waals surface area contributed by atoms with Crippen LogP contribution in [-0.2, 0) is 16.9 Å². The number of benzene rings is 2. The van der Waals surface area contributed by atoms with Gasteiger partial charge in [0.2, 0.25) is 0 Å². The first-order chi connectivity index (χ1) is 12.3. The normalized spacial score (nSPS) is 11.5. The second-order valence-electron chi connectivity index (χ2n) is 5.47. The van der Waals surface area contributed by atoms with Crippen molar-refractivity contribution in [2.45, 2.75) is 14.9 Å². The summed E-state index contributed by atoms with van der Waals surface area (Å²) in [5, 5.41) is 20.1. The fourth-order valence-corrected chi connectivity index (χ4v) is 4.26. The molecule has 3 aromatic rings. The van der Waals surface area contributed by atoms with Gasteiger partial charge in [-0.2, -0.15) is 0 Å². The smallest absolute Gasteiger partial charge is 0.301 e. The van der Waals surface area contributed by atoms with Crippen LogP contribution in [0.15, 0.2) is 63.5 Å². The summed E-state index contributed by atoms with van der Waals surface area (Å²) in [6.45, 7) is 0. The van der Waals surface area contributed by atoms with Crippen LogP contribution >= 0.6 is 11.8 Å². The lowest BCUT2D eigenvalue weighted by atomic mass is 10.2. The zero-order valence-corrected chi connectivity index (χ0v) is 15.5. The largest absolute Gasteiger partial charge is 0.305 e. The monoisotopic (exact) mass is 390 g/mol. The Morgan fingerprint density at radius 1 is 1.08 bits per heavy atom. The standard InChI is InChI=1S/C16H14N4O4S2/c1-19-15(11-7-4-3-5-8-11)17-18-16(19)25-12-9-6-10-13(26(2,23)24)14(12)20(21)22/h3-10H,1-2H3. The molecule has 0 fully saturated rings. The molecule has 8 nitrogen and oxygen atoms in total.